The summed E-state index contributed by atoms with van der Waals surface area (Å²) < 4.78 is 4.87. The van der Waals surface area contributed by atoms with Crippen molar-refractivity contribution in [3.8, 4) is 0 Å². The number of aromatic nitrogens is 1. The molecular formula is C17H18N2O2. The van der Waals surface area contributed by atoms with Crippen LogP contribution in [-0.2, 0) is 4.74 Å². The molecule has 0 bridgehead atoms. The molecule has 4 nitrogen and oxygen atoms in total. The van der Waals surface area contributed by atoms with Crippen molar-refractivity contribution in [1.29, 1.82) is 0 Å². The summed E-state index contributed by atoms with van der Waals surface area (Å²) in [5.74, 6) is 0.566. The molecule has 1 saturated heterocycles. The fraction of sp³-hybridized carbons (Fsp3) is 0.412. The maximum Gasteiger partial charge on any atom is 0.338 e. The van der Waals surface area contributed by atoms with Gasteiger partial charge in [0.2, 0.25) is 0 Å². The molecule has 1 aliphatic carbocycles. The first-order valence-electron chi connectivity index (χ1n) is 7.51. The summed E-state index contributed by atoms with van der Waals surface area (Å²) in [4.78, 5) is 18.7. The minimum absolute atomic E-state index is 0.304. The van der Waals surface area contributed by atoms with E-state index in [2.05, 4.69) is 22.0 Å². The molecule has 108 valence electrons. The molecule has 2 atom stereocenters. The Balaban J connectivity index is 1.76. The highest BCUT2D eigenvalue weighted by molar-refractivity contribution is 6.04. The number of hydrogen-bond donors (Lipinski definition) is 0. The average molecular weight is 282 g/mol. The molecule has 0 radical (unpaired) electrons. The van der Waals surface area contributed by atoms with Gasteiger partial charge in [0.15, 0.2) is 0 Å². The fourth-order valence-corrected chi connectivity index (χ4v) is 3.79. The summed E-state index contributed by atoms with van der Waals surface area (Å²) in [5.41, 5.74) is 2.63. The van der Waals surface area contributed by atoms with Crippen molar-refractivity contribution in [2.24, 2.45) is 5.92 Å². The fourth-order valence-electron chi connectivity index (χ4n) is 3.79. The quantitative estimate of drug-likeness (QED) is 0.794. The van der Waals surface area contributed by atoms with Crippen LogP contribution in [0.2, 0.25) is 0 Å². The molecular weight excluding hydrogens is 264 g/mol. The molecule has 0 amide bonds. The van der Waals surface area contributed by atoms with Crippen LogP contribution in [0.5, 0.6) is 0 Å². The zero-order chi connectivity index (χ0) is 14.4. The van der Waals surface area contributed by atoms with E-state index in [1.165, 1.54) is 32.1 Å². The summed E-state index contributed by atoms with van der Waals surface area (Å²) in [5, 5.41) is 0.878. The molecule has 2 aliphatic rings. The monoisotopic (exact) mass is 282 g/mol. The van der Waals surface area contributed by atoms with Gasteiger partial charge in [0.25, 0.3) is 0 Å². The third-order valence-corrected chi connectivity index (χ3v) is 4.91. The number of ether oxygens (including phenoxy) is 1. The molecule has 2 fully saturated rings. The largest absolute Gasteiger partial charge is 0.465 e. The Morgan fingerprint density at radius 2 is 2.24 bits per heavy atom. The molecule has 0 N–H and O–H groups in total. The van der Waals surface area contributed by atoms with Gasteiger partial charge in [0.1, 0.15) is 0 Å². The van der Waals surface area contributed by atoms with Gasteiger partial charge in [0.05, 0.1) is 18.2 Å². The molecule has 0 spiro atoms. The van der Waals surface area contributed by atoms with Crippen molar-refractivity contribution < 1.29 is 9.53 Å². The minimum Gasteiger partial charge on any atom is -0.465 e. The SMILES string of the molecule is COC(=O)c1ccnc2ccc(N3C[C@@H]4CCC[C@@H]43)cc12. The maximum atomic E-state index is 11.9. The van der Waals surface area contributed by atoms with Gasteiger partial charge in [0, 0.05) is 29.9 Å². The summed E-state index contributed by atoms with van der Waals surface area (Å²) in [6.45, 7) is 1.14. The summed E-state index contributed by atoms with van der Waals surface area (Å²) in [6.07, 6.45) is 5.66. The number of carbonyl (C=O) groups is 1. The standard InChI is InChI=1S/C17H18N2O2/c1-21-17(20)13-7-8-18-15-6-5-12(9-14(13)15)19-10-11-3-2-4-16(11)19/h5-9,11,16H,2-4,10H2,1H3/t11-,16-/m0/s1. The number of benzene rings is 1. The molecule has 2 aromatic rings. The molecule has 4 heteroatoms. The van der Waals surface area contributed by atoms with Gasteiger partial charge >= 0.3 is 5.97 Å². The number of carbonyl (C=O) groups excluding carboxylic acids is 1. The number of esters is 1. The third-order valence-electron chi connectivity index (χ3n) is 4.91. The molecule has 21 heavy (non-hydrogen) atoms. The third kappa shape index (κ3) is 1.89. The second kappa shape index (κ2) is 4.72. The average Bonchev–Trinajstić information content (AvgIpc) is 2.87. The van der Waals surface area contributed by atoms with E-state index in [4.69, 9.17) is 4.74 Å². The van der Waals surface area contributed by atoms with Gasteiger partial charge in [-0.05, 0) is 43.0 Å². The highest BCUT2D eigenvalue weighted by Gasteiger charge is 2.41. The number of methoxy groups -OCH3 is 1. The number of fused-ring (bicyclic) bond motifs is 2. The molecule has 1 aromatic carbocycles. The van der Waals surface area contributed by atoms with Crippen molar-refractivity contribution >= 4 is 22.6 Å². The summed E-state index contributed by atoms with van der Waals surface area (Å²) in [6, 6.07) is 8.63. The van der Waals surface area contributed by atoms with Crippen LogP contribution in [0.1, 0.15) is 29.6 Å². The molecule has 1 aromatic heterocycles. The Labute approximate surface area is 123 Å². The van der Waals surface area contributed by atoms with E-state index in [0.29, 0.717) is 11.6 Å². The van der Waals surface area contributed by atoms with Crippen LogP contribution in [0.25, 0.3) is 10.9 Å². The van der Waals surface area contributed by atoms with Gasteiger partial charge in [-0.3, -0.25) is 4.98 Å². The number of rotatable bonds is 2. The smallest absolute Gasteiger partial charge is 0.338 e. The first-order valence-corrected chi connectivity index (χ1v) is 7.51. The lowest BCUT2D eigenvalue weighted by Gasteiger charge is -2.46. The number of pyridine rings is 1. The maximum absolute atomic E-state index is 11.9. The van der Waals surface area contributed by atoms with Crippen LogP contribution in [0.15, 0.2) is 30.5 Å². The van der Waals surface area contributed by atoms with Crippen LogP contribution in [0.3, 0.4) is 0 Å². The summed E-state index contributed by atoms with van der Waals surface area (Å²) in [7, 11) is 1.41. The number of hydrogen-bond acceptors (Lipinski definition) is 4. The molecule has 0 unspecified atom stereocenters. The van der Waals surface area contributed by atoms with Crippen LogP contribution in [-0.4, -0.2) is 30.6 Å². The first kappa shape index (κ1) is 12.6. The van der Waals surface area contributed by atoms with Crippen LogP contribution >= 0.6 is 0 Å². The second-order valence-electron chi connectivity index (χ2n) is 5.96. The minimum atomic E-state index is -0.304. The van der Waals surface area contributed by atoms with Gasteiger partial charge < -0.3 is 9.64 Å². The van der Waals surface area contributed by atoms with E-state index in [1.54, 1.807) is 12.3 Å². The van der Waals surface area contributed by atoms with E-state index in [0.717, 1.165) is 23.4 Å². The van der Waals surface area contributed by atoms with Gasteiger partial charge in [-0.15, -0.1) is 0 Å². The Morgan fingerprint density at radius 1 is 1.33 bits per heavy atom. The van der Waals surface area contributed by atoms with E-state index >= 15 is 0 Å². The molecule has 4 rings (SSSR count). The Hall–Kier alpha value is -2.10. The lowest BCUT2D eigenvalue weighted by atomic mass is 9.91. The molecule has 1 aliphatic heterocycles. The predicted octanol–water partition coefficient (Wildman–Crippen LogP) is 3.01. The van der Waals surface area contributed by atoms with Crippen LogP contribution in [0.4, 0.5) is 5.69 Å². The van der Waals surface area contributed by atoms with E-state index in [1.807, 2.05) is 6.07 Å². The van der Waals surface area contributed by atoms with Crippen molar-refractivity contribution in [2.75, 3.05) is 18.6 Å². The zero-order valence-corrected chi connectivity index (χ0v) is 12.1. The molecule has 1 saturated carbocycles. The lowest BCUT2D eigenvalue weighted by molar-refractivity contribution is 0.0603. The first-order chi connectivity index (χ1) is 10.3. The number of nitrogens with zero attached hydrogens (tertiary/aromatic N) is 2. The van der Waals surface area contributed by atoms with Gasteiger partial charge in [-0.25, -0.2) is 4.79 Å². The van der Waals surface area contributed by atoms with Crippen molar-refractivity contribution in [2.45, 2.75) is 25.3 Å². The van der Waals surface area contributed by atoms with E-state index < -0.39 is 0 Å². The van der Waals surface area contributed by atoms with Gasteiger partial charge in [-0.2, -0.15) is 0 Å². The van der Waals surface area contributed by atoms with Crippen molar-refractivity contribution in [3.05, 3.63) is 36.0 Å². The summed E-state index contributed by atoms with van der Waals surface area (Å²) >= 11 is 0. The predicted molar refractivity (Wildman–Crippen MR) is 81.6 cm³/mol. The Bertz CT molecular complexity index is 713. The van der Waals surface area contributed by atoms with E-state index in [-0.39, 0.29) is 5.97 Å². The molecule has 2 heterocycles. The highest BCUT2D eigenvalue weighted by atomic mass is 16.5. The van der Waals surface area contributed by atoms with E-state index in [9.17, 15) is 4.79 Å². The van der Waals surface area contributed by atoms with Gasteiger partial charge in [-0.1, -0.05) is 6.42 Å². The van der Waals surface area contributed by atoms with Crippen LogP contribution < -0.4 is 4.90 Å². The van der Waals surface area contributed by atoms with Crippen molar-refractivity contribution in [1.82, 2.24) is 4.98 Å². The normalized spacial score (nSPS) is 23.8. The topological polar surface area (TPSA) is 42.4 Å². The second-order valence-corrected chi connectivity index (χ2v) is 5.96. The Kier molecular flexibility index (Phi) is 2.84. The highest BCUT2D eigenvalue weighted by Crippen LogP contribution is 2.42. The number of anilines is 1. The lowest BCUT2D eigenvalue weighted by Crippen LogP contribution is -2.53. The Morgan fingerprint density at radius 3 is 3.05 bits per heavy atom. The van der Waals surface area contributed by atoms with Crippen LogP contribution in [0, 0.1) is 5.92 Å². The zero-order valence-electron chi connectivity index (χ0n) is 12.1. The van der Waals surface area contributed by atoms with Crippen molar-refractivity contribution in [3.63, 3.8) is 0 Å².